The van der Waals surface area contributed by atoms with Gasteiger partial charge in [0.2, 0.25) is 0 Å². The summed E-state index contributed by atoms with van der Waals surface area (Å²) in [5.74, 6) is -0.0356. The normalized spacial score (nSPS) is 10.2. The number of carbonyl (C=O) groups is 2. The number of thioether (sulfide) groups is 1. The third kappa shape index (κ3) is 5.53. The molecule has 0 atom stereocenters. The summed E-state index contributed by atoms with van der Waals surface area (Å²) in [5, 5.41) is 2.74. The minimum Gasteiger partial charge on any atom is -0.496 e. The van der Waals surface area contributed by atoms with Crippen LogP contribution in [0.2, 0.25) is 0 Å². The summed E-state index contributed by atoms with van der Waals surface area (Å²) in [6.07, 6.45) is 2.52. The van der Waals surface area contributed by atoms with E-state index < -0.39 is 5.97 Å². The lowest BCUT2D eigenvalue weighted by Gasteiger charge is -2.10. The molecule has 0 radical (unpaired) electrons. The molecule has 0 heterocycles. The monoisotopic (exact) mass is 359 g/mol. The van der Waals surface area contributed by atoms with Crippen molar-refractivity contribution in [1.82, 2.24) is 5.32 Å². The van der Waals surface area contributed by atoms with E-state index in [1.54, 1.807) is 19.2 Å². The number of ether oxygens (including phenoxy) is 2. The van der Waals surface area contributed by atoms with E-state index in [0.29, 0.717) is 18.5 Å². The van der Waals surface area contributed by atoms with Crippen molar-refractivity contribution in [3.05, 3.63) is 59.7 Å². The van der Waals surface area contributed by atoms with E-state index in [4.69, 9.17) is 9.47 Å². The van der Waals surface area contributed by atoms with Gasteiger partial charge in [0.05, 0.1) is 12.7 Å². The lowest BCUT2D eigenvalue weighted by molar-refractivity contribution is -0.124. The van der Waals surface area contributed by atoms with Crippen molar-refractivity contribution in [2.45, 2.75) is 11.3 Å². The van der Waals surface area contributed by atoms with Crippen LogP contribution in [0.25, 0.3) is 0 Å². The highest BCUT2D eigenvalue weighted by Crippen LogP contribution is 2.20. The number of benzene rings is 2. The van der Waals surface area contributed by atoms with Crippen molar-refractivity contribution in [2.24, 2.45) is 0 Å². The fourth-order valence-electron chi connectivity index (χ4n) is 2.32. The molecule has 0 aliphatic rings. The van der Waals surface area contributed by atoms with Gasteiger partial charge in [-0.05, 0) is 36.4 Å². The van der Waals surface area contributed by atoms with Crippen LogP contribution in [0.15, 0.2) is 53.4 Å². The van der Waals surface area contributed by atoms with Gasteiger partial charge < -0.3 is 14.8 Å². The van der Waals surface area contributed by atoms with Crippen molar-refractivity contribution in [3.8, 4) is 5.75 Å². The molecule has 132 valence electrons. The molecule has 1 N–H and O–H groups in total. The number of para-hydroxylation sites is 1. The zero-order valence-electron chi connectivity index (χ0n) is 14.3. The predicted molar refractivity (Wildman–Crippen MR) is 98.2 cm³/mol. The quantitative estimate of drug-likeness (QED) is 0.580. The molecule has 2 aromatic carbocycles. The highest BCUT2D eigenvalue weighted by atomic mass is 32.2. The molecule has 6 heteroatoms. The van der Waals surface area contributed by atoms with Gasteiger partial charge in [0, 0.05) is 11.4 Å². The standard InChI is InChI=1S/C19H21NO4S/c1-23-16-9-5-3-7-14(16)11-12-20-18(21)13-24-19(22)15-8-4-6-10-17(15)25-2/h3-10H,11-13H2,1-2H3,(H,20,21). The number of esters is 1. The number of carbonyl (C=O) groups excluding carboxylic acids is 2. The van der Waals surface area contributed by atoms with Gasteiger partial charge in [-0.1, -0.05) is 30.3 Å². The highest BCUT2D eigenvalue weighted by Gasteiger charge is 2.13. The molecule has 0 aliphatic heterocycles. The first kappa shape index (κ1) is 18.9. The van der Waals surface area contributed by atoms with Gasteiger partial charge in [0.15, 0.2) is 6.61 Å². The zero-order valence-corrected chi connectivity index (χ0v) is 15.1. The predicted octanol–water partition coefficient (Wildman–Crippen LogP) is 2.93. The van der Waals surface area contributed by atoms with Gasteiger partial charge in [-0.15, -0.1) is 11.8 Å². The van der Waals surface area contributed by atoms with Crippen molar-refractivity contribution >= 4 is 23.6 Å². The Labute approximate surface area is 151 Å². The van der Waals surface area contributed by atoms with Crippen molar-refractivity contribution in [3.63, 3.8) is 0 Å². The number of amides is 1. The summed E-state index contributed by atoms with van der Waals surface area (Å²) in [6.45, 7) is 0.144. The smallest absolute Gasteiger partial charge is 0.339 e. The fourth-order valence-corrected chi connectivity index (χ4v) is 2.91. The lowest BCUT2D eigenvalue weighted by atomic mass is 10.1. The molecular weight excluding hydrogens is 338 g/mol. The van der Waals surface area contributed by atoms with E-state index in [2.05, 4.69) is 5.32 Å². The summed E-state index contributed by atoms with van der Waals surface area (Å²) in [7, 11) is 1.61. The molecule has 0 unspecified atom stereocenters. The van der Waals surface area contributed by atoms with Crippen LogP contribution in [-0.2, 0) is 16.0 Å². The van der Waals surface area contributed by atoms with Gasteiger partial charge in [-0.25, -0.2) is 4.79 Å². The Morgan fingerprint density at radius 1 is 1.08 bits per heavy atom. The minimum absolute atomic E-state index is 0.298. The second kappa shape index (κ2) is 9.74. The third-order valence-corrected chi connectivity index (χ3v) is 4.37. The third-order valence-electron chi connectivity index (χ3n) is 3.57. The molecular formula is C19H21NO4S. The van der Waals surface area contributed by atoms with Gasteiger partial charge in [0.1, 0.15) is 5.75 Å². The van der Waals surface area contributed by atoms with Gasteiger partial charge in [0.25, 0.3) is 5.91 Å². The molecule has 0 fully saturated rings. The van der Waals surface area contributed by atoms with Crippen molar-refractivity contribution in [1.29, 1.82) is 0 Å². The maximum absolute atomic E-state index is 12.1. The molecule has 25 heavy (non-hydrogen) atoms. The van der Waals surface area contributed by atoms with Crippen molar-refractivity contribution < 1.29 is 19.1 Å². The molecule has 0 saturated carbocycles. The van der Waals surface area contributed by atoms with E-state index in [9.17, 15) is 9.59 Å². The number of methoxy groups -OCH3 is 1. The topological polar surface area (TPSA) is 64.6 Å². The first-order valence-electron chi connectivity index (χ1n) is 7.84. The van der Waals surface area contributed by atoms with E-state index >= 15 is 0 Å². The van der Waals surface area contributed by atoms with Crippen LogP contribution in [-0.4, -0.2) is 38.4 Å². The summed E-state index contributed by atoms with van der Waals surface area (Å²) < 4.78 is 10.4. The summed E-state index contributed by atoms with van der Waals surface area (Å²) in [4.78, 5) is 24.8. The number of rotatable bonds is 8. The first-order chi connectivity index (χ1) is 12.2. The van der Waals surface area contributed by atoms with E-state index in [-0.39, 0.29) is 12.5 Å². The Kier molecular flexibility index (Phi) is 7.35. The number of nitrogens with one attached hydrogen (secondary N) is 1. The molecule has 0 aliphatic carbocycles. The Hall–Kier alpha value is -2.47. The highest BCUT2D eigenvalue weighted by molar-refractivity contribution is 7.98. The molecule has 0 saturated heterocycles. The SMILES string of the molecule is COc1ccccc1CCNC(=O)COC(=O)c1ccccc1SC. The summed E-state index contributed by atoms with van der Waals surface area (Å²) in [6, 6.07) is 14.8. The van der Waals surface area contributed by atoms with Crippen LogP contribution in [0, 0.1) is 0 Å². The molecule has 5 nitrogen and oxygen atoms in total. The number of hydrogen-bond acceptors (Lipinski definition) is 5. The van der Waals surface area contributed by atoms with E-state index in [1.807, 2.05) is 42.7 Å². The van der Waals surface area contributed by atoms with Crippen LogP contribution in [0.5, 0.6) is 5.75 Å². The zero-order chi connectivity index (χ0) is 18.1. The average molecular weight is 359 g/mol. The van der Waals surface area contributed by atoms with E-state index in [0.717, 1.165) is 16.2 Å². The molecule has 0 spiro atoms. The minimum atomic E-state index is -0.496. The maximum Gasteiger partial charge on any atom is 0.339 e. The molecule has 2 aromatic rings. The summed E-state index contributed by atoms with van der Waals surface area (Å²) >= 11 is 1.46. The Morgan fingerprint density at radius 3 is 2.56 bits per heavy atom. The Balaban J connectivity index is 1.78. The Morgan fingerprint density at radius 2 is 1.80 bits per heavy atom. The molecule has 2 rings (SSSR count). The van der Waals surface area contributed by atoms with Crippen LogP contribution in [0.1, 0.15) is 15.9 Å². The fraction of sp³-hybridized carbons (Fsp3) is 0.263. The van der Waals surface area contributed by atoms with Crippen LogP contribution < -0.4 is 10.1 Å². The molecule has 0 aromatic heterocycles. The van der Waals surface area contributed by atoms with Gasteiger partial charge in [-0.2, -0.15) is 0 Å². The average Bonchev–Trinajstić information content (AvgIpc) is 2.66. The lowest BCUT2D eigenvalue weighted by Crippen LogP contribution is -2.30. The number of hydrogen-bond donors (Lipinski definition) is 1. The Bertz CT molecular complexity index is 733. The van der Waals surface area contributed by atoms with Gasteiger partial charge >= 0.3 is 5.97 Å². The van der Waals surface area contributed by atoms with Crippen LogP contribution in [0.4, 0.5) is 0 Å². The molecule has 0 bridgehead atoms. The largest absolute Gasteiger partial charge is 0.496 e. The molecule has 1 amide bonds. The second-order valence-corrected chi connectivity index (χ2v) is 6.04. The first-order valence-corrected chi connectivity index (χ1v) is 9.07. The second-order valence-electron chi connectivity index (χ2n) is 5.19. The maximum atomic E-state index is 12.1. The summed E-state index contributed by atoms with van der Waals surface area (Å²) in [5.41, 5.74) is 1.48. The van der Waals surface area contributed by atoms with E-state index in [1.165, 1.54) is 11.8 Å². The van der Waals surface area contributed by atoms with Crippen molar-refractivity contribution in [2.75, 3.05) is 26.5 Å². The van der Waals surface area contributed by atoms with Crippen LogP contribution in [0.3, 0.4) is 0 Å². The van der Waals surface area contributed by atoms with Gasteiger partial charge in [-0.3, -0.25) is 4.79 Å². The van der Waals surface area contributed by atoms with Crippen LogP contribution >= 0.6 is 11.8 Å².